The zero-order valence-corrected chi connectivity index (χ0v) is 12.4. The average Bonchev–Trinajstić information content (AvgIpc) is 2.69. The molecule has 2 atom stereocenters. The lowest BCUT2D eigenvalue weighted by Crippen LogP contribution is -2.50. The summed E-state index contributed by atoms with van der Waals surface area (Å²) in [5.74, 6) is -0.699. The fraction of sp³-hybridized carbons (Fsp3) is 0.923. The summed E-state index contributed by atoms with van der Waals surface area (Å²) in [5, 5.41) is 19.0. The summed E-state index contributed by atoms with van der Waals surface area (Å²) >= 11 is 0. The molecular weight excluding hydrogens is 282 g/mol. The second-order valence-electron chi connectivity index (χ2n) is 5.80. The fourth-order valence-corrected chi connectivity index (χ4v) is 5.04. The number of amides is 1. The Labute approximate surface area is 119 Å². The van der Waals surface area contributed by atoms with Crippen LogP contribution in [-0.2, 0) is 14.6 Å². The van der Waals surface area contributed by atoms with Crippen LogP contribution in [0.15, 0.2) is 0 Å². The molecule has 0 spiro atoms. The van der Waals surface area contributed by atoms with E-state index in [-0.39, 0.29) is 36.5 Å². The maximum Gasteiger partial charge on any atom is 0.226 e. The Morgan fingerprint density at radius 3 is 2.30 bits per heavy atom. The predicted octanol–water partition coefficient (Wildman–Crippen LogP) is -0.454. The van der Waals surface area contributed by atoms with Gasteiger partial charge in [0.2, 0.25) is 5.91 Å². The van der Waals surface area contributed by atoms with Gasteiger partial charge in [-0.1, -0.05) is 19.3 Å². The number of rotatable bonds is 4. The van der Waals surface area contributed by atoms with Gasteiger partial charge in [-0.25, -0.2) is 8.42 Å². The third-order valence-electron chi connectivity index (χ3n) is 4.27. The van der Waals surface area contributed by atoms with Crippen molar-refractivity contribution in [3.05, 3.63) is 0 Å². The smallest absolute Gasteiger partial charge is 0.226 e. The van der Waals surface area contributed by atoms with Crippen LogP contribution in [0.3, 0.4) is 0 Å². The summed E-state index contributed by atoms with van der Waals surface area (Å²) in [5.41, 5.74) is 0. The second kappa shape index (κ2) is 6.41. The molecule has 1 heterocycles. The molecular formula is C13H23NO5S. The molecule has 0 aromatic heterocycles. The highest BCUT2D eigenvalue weighted by atomic mass is 32.2. The van der Waals surface area contributed by atoms with Crippen LogP contribution < -0.4 is 0 Å². The maximum atomic E-state index is 12.5. The summed E-state index contributed by atoms with van der Waals surface area (Å²) in [6, 6.07) is -0.707. The van der Waals surface area contributed by atoms with Crippen molar-refractivity contribution in [3.63, 3.8) is 0 Å². The van der Waals surface area contributed by atoms with E-state index in [0.29, 0.717) is 0 Å². The number of hydrogen-bond donors (Lipinski definition) is 2. The van der Waals surface area contributed by atoms with E-state index >= 15 is 0 Å². The normalized spacial score (nSPS) is 30.3. The summed E-state index contributed by atoms with van der Waals surface area (Å²) in [6.07, 6.45) is 3.74. The predicted molar refractivity (Wildman–Crippen MR) is 73.8 cm³/mol. The van der Waals surface area contributed by atoms with E-state index < -0.39 is 22.0 Å². The van der Waals surface area contributed by atoms with Gasteiger partial charge in [0.15, 0.2) is 9.84 Å². The van der Waals surface area contributed by atoms with Crippen molar-refractivity contribution in [3.8, 4) is 0 Å². The van der Waals surface area contributed by atoms with Crippen LogP contribution in [0.1, 0.15) is 32.1 Å². The van der Waals surface area contributed by atoms with Crippen LogP contribution in [0.4, 0.5) is 0 Å². The number of aliphatic hydroxyl groups excluding tert-OH is 2. The molecule has 7 heteroatoms. The first kappa shape index (κ1) is 15.7. The van der Waals surface area contributed by atoms with Gasteiger partial charge in [0.25, 0.3) is 0 Å². The summed E-state index contributed by atoms with van der Waals surface area (Å²) in [7, 11) is -3.30. The highest BCUT2D eigenvalue weighted by Gasteiger charge is 2.42. The van der Waals surface area contributed by atoms with Crippen molar-refractivity contribution in [2.24, 2.45) is 5.92 Å². The van der Waals surface area contributed by atoms with Gasteiger partial charge in [0.1, 0.15) is 0 Å². The Kier molecular flexibility index (Phi) is 5.04. The molecule has 0 aromatic carbocycles. The third kappa shape index (κ3) is 3.51. The Morgan fingerprint density at radius 1 is 1.15 bits per heavy atom. The molecule has 1 saturated heterocycles. The van der Waals surface area contributed by atoms with Crippen LogP contribution in [0.2, 0.25) is 0 Å². The molecule has 6 nitrogen and oxygen atoms in total. The van der Waals surface area contributed by atoms with Crippen molar-refractivity contribution in [2.45, 2.75) is 44.2 Å². The average molecular weight is 305 g/mol. The fourth-order valence-electron chi connectivity index (χ4n) is 3.24. The minimum atomic E-state index is -3.30. The van der Waals surface area contributed by atoms with Crippen molar-refractivity contribution in [1.82, 2.24) is 4.90 Å². The van der Waals surface area contributed by atoms with Crippen molar-refractivity contribution < 1.29 is 23.4 Å². The molecule has 1 aliphatic heterocycles. The zero-order valence-electron chi connectivity index (χ0n) is 11.6. The van der Waals surface area contributed by atoms with Gasteiger partial charge >= 0.3 is 0 Å². The van der Waals surface area contributed by atoms with Crippen LogP contribution in [-0.4, -0.2) is 66.2 Å². The lowest BCUT2D eigenvalue weighted by molar-refractivity contribution is -0.141. The number of sulfone groups is 1. The Balaban J connectivity index is 2.11. The molecule has 20 heavy (non-hydrogen) atoms. The lowest BCUT2D eigenvalue weighted by Gasteiger charge is -2.34. The molecule has 0 radical (unpaired) electrons. The minimum absolute atomic E-state index is 0.0899. The van der Waals surface area contributed by atoms with Gasteiger partial charge in [-0.3, -0.25) is 4.79 Å². The largest absolute Gasteiger partial charge is 0.395 e. The monoisotopic (exact) mass is 305 g/mol. The first-order chi connectivity index (χ1) is 9.44. The lowest BCUT2D eigenvalue weighted by atomic mass is 9.88. The molecule has 1 saturated carbocycles. The van der Waals surface area contributed by atoms with E-state index in [1.165, 1.54) is 4.90 Å². The molecule has 2 aliphatic rings. The molecule has 1 aliphatic carbocycles. The number of aliphatic hydroxyl groups is 2. The van der Waals surface area contributed by atoms with Crippen LogP contribution in [0, 0.1) is 5.92 Å². The Morgan fingerprint density at radius 2 is 1.80 bits per heavy atom. The van der Waals surface area contributed by atoms with E-state index in [9.17, 15) is 18.3 Å². The molecule has 0 unspecified atom stereocenters. The van der Waals surface area contributed by atoms with E-state index in [1.54, 1.807) is 0 Å². The number of nitrogens with zero attached hydrogens (tertiary/aromatic N) is 1. The second-order valence-corrected chi connectivity index (χ2v) is 7.96. The maximum absolute atomic E-state index is 12.5. The van der Waals surface area contributed by atoms with E-state index in [1.807, 2.05) is 0 Å². The Hall–Kier alpha value is -0.660. The van der Waals surface area contributed by atoms with Gasteiger partial charge in [0, 0.05) is 12.5 Å². The molecule has 0 aromatic rings. The van der Waals surface area contributed by atoms with E-state index in [0.717, 1.165) is 32.1 Å². The standard InChI is InChI=1S/C13H23NO5S/c15-7-6-14(11-8-20(18,19)9-12(11)16)13(17)10-4-2-1-3-5-10/h10-12,15-16H,1-9H2/t11-,12-/m0/s1. The van der Waals surface area contributed by atoms with Gasteiger partial charge in [-0.05, 0) is 12.8 Å². The van der Waals surface area contributed by atoms with Gasteiger partial charge in [-0.2, -0.15) is 0 Å². The van der Waals surface area contributed by atoms with Crippen LogP contribution in [0.5, 0.6) is 0 Å². The van der Waals surface area contributed by atoms with Gasteiger partial charge in [-0.15, -0.1) is 0 Å². The van der Waals surface area contributed by atoms with Crippen LogP contribution >= 0.6 is 0 Å². The quantitative estimate of drug-likeness (QED) is 0.733. The minimum Gasteiger partial charge on any atom is -0.395 e. The molecule has 2 N–H and O–H groups in total. The number of carbonyl (C=O) groups is 1. The highest BCUT2D eigenvalue weighted by molar-refractivity contribution is 7.91. The number of carbonyl (C=O) groups excluding carboxylic acids is 1. The summed E-state index contributed by atoms with van der Waals surface area (Å²) in [4.78, 5) is 13.9. The third-order valence-corrected chi connectivity index (χ3v) is 5.97. The van der Waals surface area contributed by atoms with Crippen molar-refractivity contribution >= 4 is 15.7 Å². The van der Waals surface area contributed by atoms with Gasteiger partial charge < -0.3 is 15.1 Å². The number of hydrogen-bond acceptors (Lipinski definition) is 5. The molecule has 116 valence electrons. The highest BCUT2D eigenvalue weighted by Crippen LogP contribution is 2.28. The van der Waals surface area contributed by atoms with Crippen molar-refractivity contribution in [2.75, 3.05) is 24.7 Å². The van der Waals surface area contributed by atoms with Crippen molar-refractivity contribution in [1.29, 1.82) is 0 Å². The topological polar surface area (TPSA) is 94.9 Å². The van der Waals surface area contributed by atoms with Gasteiger partial charge in [0.05, 0.1) is 30.3 Å². The van der Waals surface area contributed by atoms with Crippen LogP contribution in [0.25, 0.3) is 0 Å². The molecule has 2 fully saturated rings. The summed E-state index contributed by atoms with van der Waals surface area (Å²) in [6.45, 7) is -0.131. The summed E-state index contributed by atoms with van der Waals surface area (Å²) < 4.78 is 23.2. The molecule has 0 bridgehead atoms. The SMILES string of the molecule is O=C(C1CCCCC1)N(CCO)[C@H]1CS(=O)(=O)C[C@@H]1O. The molecule has 2 rings (SSSR count). The Bertz CT molecular complexity index is 444. The zero-order chi connectivity index (χ0) is 14.8. The first-order valence-electron chi connectivity index (χ1n) is 7.24. The molecule has 1 amide bonds. The van der Waals surface area contributed by atoms with E-state index in [2.05, 4.69) is 0 Å². The first-order valence-corrected chi connectivity index (χ1v) is 9.06. The van der Waals surface area contributed by atoms with E-state index in [4.69, 9.17) is 5.11 Å².